The minimum atomic E-state index is 0.269. The zero-order valence-electron chi connectivity index (χ0n) is 15.3. The predicted molar refractivity (Wildman–Crippen MR) is 102 cm³/mol. The Bertz CT molecular complexity index is 765. The highest BCUT2D eigenvalue weighted by Gasteiger charge is 2.24. The van der Waals surface area contributed by atoms with Crippen LogP contribution >= 0.6 is 11.6 Å². The van der Waals surface area contributed by atoms with Crippen molar-refractivity contribution < 1.29 is 9.32 Å². The summed E-state index contributed by atoms with van der Waals surface area (Å²) in [5, 5.41) is 4.75. The molecule has 2 saturated heterocycles. The molecule has 2 aliphatic heterocycles. The summed E-state index contributed by atoms with van der Waals surface area (Å²) in [7, 11) is 0. The molecule has 4 rings (SSSR count). The van der Waals surface area contributed by atoms with Crippen LogP contribution in [0.5, 0.6) is 0 Å². The Morgan fingerprint density at radius 3 is 2.37 bits per heavy atom. The summed E-state index contributed by atoms with van der Waals surface area (Å²) in [5.41, 5.74) is 0.889. The van der Waals surface area contributed by atoms with Crippen molar-refractivity contribution in [2.45, 2.75) is 19.4 Å². The number of likely N-dealkylation sites (tertiary alicyclic amines) is 1. The minimum absolute atomic E-state index is 0.269. The van der Waals surface area contributed by atoms with Gasteiger partial charge in [-0.05, 0) is 37.1 Å². The highest BCUT2D eigenvalue weighted by atomic mass is 35.5. The molecular weight excluding hydrogens is 366 g/mol. The second-order valence-electron chi connectivity index (χ2n) is 7.16. The number of piperazine rings is 1. The van der Waals surface area contributed by atoms with Crippen LogP contribution in [-0.4, -0.2) is 76.6 Å². The Hall–Kier alpha value is -1.96. The summed E-state index contributed by atoms with van der Waals surface area (Å²) < 4.78 is 5.40. The van der Waals surface area contributed by atoms with Crippen LogP contribution in [0.25, 0.3) is 11.4 Å². The number of rotatable bonds is 5. The Morgan fingerprint density at radius 2 is 1.67 bits per heavy atom. The van der Waals surface area contributed by atoms with E-state index in [-0.39, 0.29) is 5.91 Å². The molecule has 1 aromatic heterocycles. The third-order valence-corrected chi connectivity index (χ3v) is 5.46. The van der Waals surface area contributed by atoms with Gasteiger partial charge >= 0.3 is 0 Å². The van der Waals surface area contributed by atoms with Gasteiger partial charge < -0.3 is 9.42 Å². The van der Waals surface area contributed by atoms with Crippen LogP contribution in [0.2, 0.25) is 5.02 Å². The maximum Gasteiger partial charge on any atom is 0.241 e. The number of amides is 1. The van der Waals surface area contributed by atoms with E-state index in [2.05, 4.69) is 19.9 Å². The van der Waals surface area contributed by atoms with Gasteiger partial charge in [-0.2, -0.15) is 4.98 Å². The van der Waals surface area contributed by atoms with Gasteiger partial charge in [0.15, 0.2) is 0 Å². The molecule has 0 saturated carbocycles. The quantitative estimate of drug-likeness (QED) is 0.780. The molecule has 3 heterocycles. The standard InChI is InChI=1S/C19H24ClN5O2/c20-16-5-3-15(4-6-16)19-21-17(27-22-19)13-23-9-11-24(12-10-23)14-18(26)25-7-1-2-8-25/h3-6H,1-2,7-14H2. The van der Waals surface area contributed by atoms with Crippen molar-refractivity contribution >= 4 is 17.5 Å². The van der Waals surface area contributed by atoms with Crippen molar-refractivity contribution in [3.63, 3.8) is 0 Å². The van der Waals surface area contributed by atoms with Crippen LogP contribution in [0, 0.1) is 0 Å². The van der Waals surface area contributed by atoms with E-state index in [0.717, 1.165) is 57.7 Å². The molecule has 1 aromatic carbocycles. The Kier molecular flexibility index (Phi) is 5.71. The van der Waals surface area contributed by atoms with Gasteiger partial charge in [0.05, 0.1) is 13.1 Å². The molecule has 0 bridgehead atoms. The van der Waals surface area contributed by atoms with E-state index in [0.29, 0.717) is 29.8 Å². The van der Waals surface area contributed by atoms with Crippen LogP contribution in [0.4, 0.5) is 0 Å². The molecular formula is C19H24ClN5O2. The first kappa shape index (κ1) is 18.4. The monoisotopic (exact) mass is 389 g/mol. The van der Waals surface area contributed by atoms with Gasteiger partial charge in [0.1, 0.15) is 0 Å². The molecule has 7 nitrogen and oxygen atoms in total. The van der Waals surface area contributed by atoms with Crippen LogP contribution in [0.3, 0.4) is 0 Å². The second-order valence-corrected chi connectivity index (χ2v) is 7.60. The predicted octanol–water partition coefficient (Wildman–Crippen LogP) is 2.13. The van der Waals surface area contributed by atoms with Gasteiger partial charge in [-0.15, -0.1) is 0 Å². The molecule has 2 aliphatic rings. The fourth-order valence-corrected chi connectivity index (χ4v) is 3.72. The van der Waals surface area contributed by atoms with E-state index in [1.165, 1.54) is 0 Å². The first-order chi connectivity index (χ1) is 13.2. The van der Waals surface area contributed by atoms with E-state index in [1.807, 2.05) is 29.2 Å². The summed E-state index contributed by atoms with van der Waals surface area (Å²) in [6.45, 7) is 6.58. The normalized spacial score (nSPS) is 18.9. The zero-order valence-corrected chi connectivity index (χ0v) is 16.1. The maximum atomic E-state index is 12.3. The van der Waals surface area contributed by atoms with Crippen molar-refractivity contribution in [2.24, 2.45) is 0 Å². The molecule has 144 valence electrons. The van der Waals surface area contributed by atoms with Crippen LogP contribution < -0.4 is 0 Å². The van der Waals surface area contributed by atoms with Gasteiger partial charge in [-0.1, -0.05) is 16.8 Å². The topological polar surface area (TPSA) is 65.7 Å². The lowest BCUT2D eigenvalue weighted by molar-refractivity contribution is -0.131. The molecule has 8 heteroatoms. The van der Waals surface area contributed by atoms with E-state index in [9.17, 15) is 4.79 Å². The van der Waals surface area contributed by atoms with Gasteiger partial charge in [0.2, 0.25) is 17.6 Å². The number of carbonyl (C=O) groups excluding carboxylic acids is 1. The van der Waals surface area contributed by atoms with Crippen LogP contribution in [0.1, 0.15) is 18.7 Å². The van der Waals surface area contributed by atoms with E-state index < -0.39 is 0 Å². The minimum Gasteiger partial charge on any atom is -0.342 e. The summed E-state index contributed by atoms with van der Waals surface area (Å²) >= 11 is 5.91. The maximum absolute atomic E-state index is 12.3. The zero-order chi connectivity index (χ0) is 18.6. The summed E-state index contributed by atoms with van der Waals surface area (Å²) in [4.78, 5) is 23.3. The van der Waals surface area contributed by atoms with E-state index in [4.69, 9.17) is 16.1 Å². The van der Waals surface area contributed by atoms with Crippen molar-refractivity contribution in [3.05, 3.63) is 35.2 Å². The fourth-order valence-electron chi connectivity index (χ4n) is 3.59. The first-order valence-electron chi connectivity index (χ1n) is 9.48. The van der Waals surface area contributed by atoms with Gasteiger partial charge in [-0.3, -0.25) is 14.6 Å². The Morgan fingerprint density at radius 1 is 1.00 bits per heavy atom. The number of benzene rings is 1. The van der Waals surface area contributed by atoms with E-state index >= 15 is 0 Å². The molecule has 2 aromatic rings. The first-order valence-corrected chi connectivity index (χ1v) is 9.86. The fraction of sp³-hybridized carbons (Fsp3) is 0.526. The van der Waals surface area contributed by atoms with Crippen LogP contribution in [0.15, 0.2) is 28.8 Å². The lowest BCUT2D eigenvalue weighted by Crippen LogP contribution is -2.49. The molecule has 0 radical (unpaired) electrons. The third-order valence-electron chi connectivity index (χ3n) is 5.21. The van der Waals surface area contributed by atoms with Crippen molar-refractivity contribution in [1.82, 2.24) is 24.8 Å². The average Bonchev–Trinajstić information content (AvgIpc) is 3.36. The average molecular weight is 390 g/mol. The molecule has 27 heavy (non-hydrogen) atoms. The smallest absolute Gasteiger partial charge is 0.241 e. The number of aromatic nitrogens is 2. The molecule has 0 N–H and O–H groups in total. The summed E-state index contributed by atoms with van der Waals surface area (Å²) in [6, 6.07) is 7.39. The second kappa shape index (κ2) is 8.37. The number of hydrogen-bond acceptors (Lipinski definition) is 6. The van der Waals surface area contributed by atoms with Crippen LogP contribution in [-0.2, 0) is 11.3 Å². The third kappa shape index (κ3) is 4.66. The Balaban J connectivity index is 1.26. The molecule has 0 spiro atoms. The van der Waals surface area contributed by atoms with Crippen molar-refractivity contribution in [1.29, 1.82) is 0 Å². The van der Waals surface area contributed by atoms with Gasteiger partial charge in [0.25, 0.3) is 0 Å². The number of nitrogens with zero attached hydrogens (tertiary/aromatic N) is 5. The lowest BCUT2D eigenvalue weighted by atomic mass is 10.2. The molecule has 0 unspecified atom stereocenters. The summed E-state index contributed by atoms with van der Waals surface area (Å²) in [5.74, 6) is 1.46. The Labute approximate surface area is 163 Å². The van der Waals surface area contributed by atoms with Gasteiger partial charge in [-0.25, -0.2) is 0 Å². The molecule has 0 aliphatic carbocycles. The highest BCUT2D eigenvalue weighted by molar-refractivity contribution is 6.30. The highest BCUT2D eigenvalue weighted by Crippen LogP contribution is 2.19. The van der Waals surface area contributed by atoms with Gasteiger partial charge in [0, 0.05) is 49.9 Å². The SMILES string of the molecule is O=C(CN1CCN(Cc2nc(-c3ccc(Cl)cc3)no2)CC1)N1CCCC1. The number of carbonyl (C=O) groups is 1. The summed E-state index contributed by atoms with van der Waals surface area (Å²) in [6.07, 6.45) is 2.28. The van der Waals surface area contributed by atoms with E-state index in [1.54, 1.807) is 0 Å². The lowest BCUT2D eigenvalue weighted by Gasteiger charge is -2.34. The molecule has 2 fully saturated rings. The molecule has 0 atom stereocenters. The molecule has 1 amide bonds. The number of hydrogen-bond donors (Lipinski definition) is 0. The number of halogens is 1. The largest absolute Gasteiger partial charge is 0.342 e. The van der Waals surface area contributed by atoms with Crippen molar-refractivity contribution in [3.8, 4) is 11.4 Å². The van der Waals surface area contributed by atoms with Crippen molar-refractivity contribution in [2.75, 3.05) is 45.8 Å².